The van der Waals surface area contributed by atoms with E-state index in [2.05, 4.69) is 17.4 Å². The number of rotatable bonds is 6. The van der Waals surface area contributed by atoms with Gasteiger partial charge in [0, 0.05) is 16.4 Å². The van der Waals surface area contributed by atoms with Crippen LogP contribution in [0.5, 0.6) is 0 Å². The number of hydrogen-bond donors (Lipinski definition) is 3. The summed E-state index contributed by atoms with van der Waals surface area (Å²) in [5.74, 6) is 1.62. The van der Waals surface area contributed by atoms with Crippen molar-refractivity contribution in [2.45, 2.75) is 76.9 Å². The molecule has 2 heterocycles. The average molecular weight is 456 g/mol. The van der Waals surface area contributed by atoms with Gasteiger partial charge in [-0.3, -0.25) is 0 Å². The summed E-state index contributed by atoms with van der Waals surface area (Å²) in [5.41, 5.74) is 3.26. The minimum Gasteiger partial charge on any atom is -0.478 e. The van der Waals surface area contributed by atoms with E-state index in [0.717, 1.165) is 74.2 Å². The molecule has 8 heteroatoms. The number of aliphatic hydroxyl groups is 1. The lowest BCUT2D eigenvalue weighted by molar-refractivity contribution is -0.134. The Morgan fingerprint density at radius 3 is 2.56 bits per heavy atom. The van der Waals surface area contributed by atoms with Crippen molar-refractivity contribution in [2.75, 3.05) is 5.32 Å². The molecule has 5 aliphatic rings. The molecule has 2 fully saturated rings. The van der Waals surface area contributed by atoms with Gasteiger partial charge in [0.25, 0.3) is 5.89 Å². The first-order chi connectivity index (χ1) is 15.5. The van der Waals surface area contributed by atoms with Gasteiger partial charge in [-0.1, -0.05) is 12.1 Å². The maximum atomic E-state index is 12.0. The monoisotopic (exact) mass is 455 g/mol. The Morgan fingerprint density at radius 1 is 1.12 bits per heavy atom. The number of nitrogens with one attached hydrogen (secondary N) is 1. The number of nitrogens with zero attached hydrogens (tertiary/aromatic N) is 2. The maximum Gasteiger partial charge on any atom is 0.331 e. The van der Waals surface area contributed by atoms with E-state index in [9.17, 15) is 15.0 Å². The summed E-state index contributed by atoms with van der Waals surface area (Å²) in [7, 11) is 0. The smallest absolute Gasteiger partial charge is 0.331 e. The zero-order valence-electron chi connectivity index (χ0n) is 18.3. The van der Waals surface area contributed by atoms with Crippen molar-refractivity contribution >= 4 is 22.3 Å². The second-order valence-electron chi connectivity index (χ2n) is 10.1. The van der Waals surface area contributed by atoms with Gasteiger partial charge in [-0.2, -0.15) is 4.98 Å². The summed E-state index contributed by atoms with van der Waals surface area (Å²) in [4.78, 5) is 18.0. The molecule has 7 nitrogen and oxygen atoms in total. The number of carbonyl (C=O) groups is 1. The summed E-state index contributed by atoms with van der Waals surface area (Å²) in [5, 5.41) is 29.5. The minimum atomic E-state index is -1.02. The van der Waals surface area contributed by atoms with Crippen molar-refractivity contribution in [1.29, 1.82) is 0 Å². The van der Waals surface area contributed by atoms with Gasteiger partial charge in [0.05, 0.1) is 5.56 Å². The molecule has 2 atom stereocenters. The topological polar surface area (TPSA) is 108 Å². The number of carboxylic acids is 1. The Kier molecular flexibility index (Phi) is 4.91. The normalized spacial score (nSPS) is 28.0. The molecule has 0 radical (unpaired) electrons. The fraction of sp³-hybridized carbons (Fsp3) is 0.625. The van der Waals surface area contributed by atoms with Crippen molar-refractivity contribution in [3.05, 3.63) is 27.4 Å². The van der Waals surface area contributed by atoms with E-state index < -0.39 is 12.2 Å². The van der Waals surface area contributed by atoms with Crippen LogP contribution in [-0.2, 0) is 17.6 Å². The summed E-state index contributed by atoms with van der Waals surface area (Å²) in [6.07, 6.45) is 7.99. The van der Waals surface area contributed by atoms with E-state index in [1.165, 1.54) is 10.4 Å². The van der Waals surface area contributed by atoms with Gasteiger partial charge < -0.3 is 20.1 Å². The van der Waals surface area contributed by atoms with Crippen LogP contribution in [0, 0.1) is 17.8 Å². The van der Waals surface area contributed by atoms with E-state index >= 15 is 0 Å². The molecule has 2 unspecified atom stereocenters. The predicted octanol–water partition coefficient (Wildman–Crippen LogP) is 4.73. The van der Waals surface area contributed by atoms with Crippen LogP contribution < -0.4 is 5.32 Å². The van der Waals surface area contributed by atoms with Gasteiger partial charge in [0.15, 0.2) is 5.82 Å². The largest absolute Gasteiger partial charge is 0.478 e. The minimum absolute atomic E-state index is 0.0536. The van der Waals surface area contributed by atoms with E-state index in [0.29, 0.717) is 28.9 Å². The SMILES string of the molecule is CC1CCc2c(sc(NC(O)C3=C(C(=O)O)C4CCC3CC4)c2-c2nc(C3CC3)no2)C1. The number of aliphatic carboxylic acids is 1. The van der Waals surface area contributed by atoms with Gasteiger partial charge in [0.2, 0.25) is 0 Å². The van der Waals surface area contributed by atoms with Gasteiger partial charge in [-0.15, -0.1) is 11.3 Å². The van der Waals surface area contributed by atoms with E-state index in [-0.39, 0.29) is 11.8 Å². The number of anilines is 1. The summed E-state index contributed by atoms with van der Waals surface area (Å²) in [6.45, 7) is 2.27. The molecule has 0 saturated heterocycles. The Morgan fingerprint density at radius 2 is 1.84 bits per heavy atom. The highest BCUT2D eigenvalue weighted by molar-refractivity contribution is 7.17. The first-order valence-electron chi connectivity index (χ1n) is 11.9. The number of hydrogen-bond acceptors (Lipinski definition) is 7. The Balaban J connectivity index is 1.39. The van der Waals surface area contributed by atoms with Gasteiger partial charge in [-0.25, -0.2) is 4.79 Å². The Labute approximate surface area is 190 Å². The van der Waals surface area contributed by atoms with Crippen LogP contribution in [0.4, 0.5) is 5.00 Å². The Bertz CT molecular complexity index is 1090. The molecule has 0 amide bonds. The molecule has 2 bridgehead atoms. The van der Waals surface area contributed by atoms with Crippen LogP contribution in [0.3, 0.4) is 0 Å². The number of aliphatic hydroxyl groups excluding tert-OH is 1. The molecule has 2 aromatic heterocycles. The van der Waals surface area contributed by atoms with Crippen LogP contribution in [0.1, 0.15) is 74.1 Å². The molecule has 2 aromatic rings. The van der Waals surface area contributed by atoms with Crippen LogP contribution in [0.2, 0.25) is 0 Å². The van der Waals surface area contributed by atoms with Crippen molar-refractivity contribution < 1.29 is 19.5 Å². The highest BCUT2D eigenvalue weighted by Crippen LogP contribution is 2.49. The lowest BCUT2D eigenvalue weighted by atomic mass is 9.66. The van der Waals surface area contributed by atoms with Gasteiger partial charge >= 0.3 is 5.97 Å². The lowest BCUT2D eigenvalue weighted by Gasteiger charge is -2.40. The fourth-order valence-electron chi connectivity index (χ4n) is 5.94. The average Bonchev–Trinajstić information content (AvgIpc) is 3.42. The van der Waals surface area contributed by atoms with Crippen molar-refractivity contribution in [3.8, 4) is 11.5 Å². The summed E-state index contributed by atoms with van der Waals surface area (Å²) < 4.78 is 5.70. The van der Waals surface area contributed by atoms with Crippen molar-refractivity contribution in [2.24, 2.45) is 17.8 Å². The summed E-state index contributed by atoms with van der Waals surface area (Å²) in [6, 6.07) is 0. The van der Waals surface area contributed by atoms with Gasteiger partial charge in [-0.05, 0) is 86.7 Å². The molecule has 0 aromatic carbocycles. The molecular weight excluding hydrogens is 426 g/mol. The van der Waals surface area contributed by atoms with Crippen LogP contribution in [-0.4, -0.2) is 32.6 Å². The second kappa shape index (κ2) is 7.70. The highest BCUT2D eigenvalue weighted by atomic mass is 32.1. The van der Waals surface area contributed by atoms with E-state index in [4.69, 9.17) is 9.51 Å². The third-order valence-corrected chi connectivity index (χ3v) is 8.97. The fourth-order valence-corrected chi connectivity index (χ4v) is 7.37. The van der Waals surface area contributed by atoms with E-state index in [1.54, 1.807) is 11.3 Å². The van der Waals surface area contributed by atoms with Crippen molar-refractivity contribution in [1.82, 2.24) is 10.1 Å². The quantitative estimate of drug-likeness (QED) is 0.540. The molecule has 2 saturated carbocycles. The third kappa shape index (κ3) is 3.39. The lowest BCUT2D eigenvalue weighted by Crippen LogP contribution is -2.37. The number of aromatic nitrogens is 2. The molecule has 0 spiro atoms. The number of fused-ring (bicyclic) bond motifs is 3. The van der Waals surface area contributed by atoms with Crippen LogP contribution >= 0.6 is 11.3 Å². The van der Waals surface area contributed by atoms with Gasteiger partial charge in [0.1, 0.15) is 11.2 Å². The molecule has 5 aliphatic carbocycles. The number of thiophene rings is 1. The zero-order chi connectivity index (χ0) is 22.0. The highest BCUT2D eigenvalue weighted by Gasteiger charge is 2.41. The second-order valence-corrected chi connectivity index (χ2v) is 11.2. The van der Waals surface area contributed by atoms with Crippen molar-refractivity contribution in [3.63, 3.8) is 0 Å². The summed E-state index contributed by atoms with van der Waals surface area (Å²) >= 11 is 1.65. The molecule has 7 rings (SSSR count). The molecule has 0 aliphatic heterocycles. The standard InChI is InChI=1S/C24H29N3O4S/c1-11-2-9-15-16(10-11)32-23(19(15)22-25-20(27-31-22)14-7-8-14)26-21(28)17-12-3-5-13(6-4-12)18(17)24(29)30/h11-14,21,26,28H,2-10H2,1H3,(H,29,30). The molecular formula is C24H29N3O4S. The molecule has 32 heavy (non-hydrogen) atoms. The predicted molar refractivity (Wildman–Crippen MR) is 121 cm³/mol. The molecule has 3 N–H and O–H groups in total. The van der Waals surface area contributed by atoms with E-state index in [1.807, 2.05) is 0 Å². The molecule has 170 valence electrons. The Hall–Kier alpha value is -2.19. The number of carboxylic acid groups (broad SMARTS) is 1. The third-order valence-electron chi connectivity index (χ3n) is 7.79. The van der Waals surface area contributed by atoms with Crippen LogP contribution in [0.25, 0.3) is 11.5 Å². The zero-order valence-corrected chi connectivity index (χ0v) is 19.1. The van der Waals surface area contributed by atoms with Crippen LogP contribution in [0.15, 0.2) is 15.7 Å². The first-order valence-corrected chi connectivity index (χ1v) is 12.7. The maximum absolute atomic E-state index is 12.0. The first kappa shape index (κ1) is 20.4.